The van der Waals surface area contributed by atoms with Gasteiger partial charge in [-0.25, -0.2) is 0 Å². The summed E-state index contributed by atoms with van der Waals surface area (Å²) in [6.45, 7) is 4.15. The molecule has 1 saturated heterocycles. The van der Waals surface area contributed by atoms with E-state index in [0.29, 0.717) is 0 Å². The third-order valence-corrected chi connectivity index (χ3v) is 2.64. The molecular formula is C9H17NO2. The van der Waals surface area contributed by atoms with E-state index in [4.69, 9.17) is 9.84 Å². The molecule has 2 aliphatic rings. The van der Waals surface area contributed by atoms with E-state index in [1.807, 2.05) is 0 Å². The number of rotatable bonds is 3. The van der Waals surface area contributed by atoms with Gasteiger partial charge in [-0.15, -0.1) is 0 Å². The lowest BCUT2D eigenvalue weighted by molar-refractivity contribution is -0.0537. The molecule has 0 amide bonds. The lowest BCUT2D eigenvalue weighted by Gasteiger charge is -2.31. The highest BCUT2D eigenvalue weighted by Gasteiger charge is 2.27. The van der Waals surface area contributed by atoms with E-state index >= 15 is 0 Å². The predicted octanol–water partition coefficient (Wildman–Crippen LogP) is 0.0895. The molecule has 1 atom stereocenters. The molecule has 0 radical (unpaired) electrons. The lowest BCUT2D eigenvalue weighted by Crippen LogP contribution is -2.44. The van der Waals surface area contributed by atoms with E-state index in [-0.39, 0.29) is 12.7 Å². The smallest absolute Gasteiger partial charge is 0.0932 e. The third-order valence-electron chi connectivity index (χ3n) is 2.64. The van der Waals surface area contributed by atoms with Crippen LogP contribution in [-0.2, 0) is 4.74 Å². The number of hydrogen-bond acceptors (Lipinski definition) is 3. The second-order valence-corrected chi connectivity index (χ2v) is 3.88. The lowest BCUT2D eigenvalue weighted by atomic mass is 10.2. The van der Waals surface area contributed by atoms with E-state index < -0.39 is 0 Å². The minimum Gasteiger partial charge on any atom is -0.394 e. The van der Waals surface area contributed by atoms with E-state index in [9.17, 15) is 0 Å². The summed E-state index contributed by atoms with van der Waals surface area (Å²) in [5.41, 5.74) is 0. The van der Waals surface area contributed by atoms with Crippen molar-refractivity contribution in [3.63, 3.8) is 0 Å². The van der Waals surface area contributed by atoms with Crippen molar-refractivity contribution in [2.24, 2.45) is 5.92 Å². The van der Waals surface area contributed by atoms with Crippen molar-refractivity contribution in [3.8, 4) is 0 Å². The van der Waals surface area contributed by atoms with Crippen molar-refractivity contribution < 1.29 is 9.84 Å². The van der Waals surface area contributed by atoms with E-state index in [1.54, 1.807) is 0 Å². The van der Waals surface area contributed by atoms with Gasteiger partial charge in [0, 0.05) is 19.6 Å². The van der Waals surface area contributed by atoms with Crippen molar-refractivity contribution in [2.45, 2.75) is 18.9 Å². The molecule has 0 aromatic heterocycles. The summed E-state index contributed by atoms with van der Waals surface area (Å²) in [6, 6.07) is 0. The molecule has 1 unspecified atom stereocenters. The second-order valence-electron chi connectivity index (χ2n) is 3.88. The van der Waals surface area contributed by atoms with Crippen molar-refractivity contribution in [1.82, 2.24) is 4.90 Å². The molecule has 1 aliphatic carbocycles. The maximum absolute atomic E-state index is 8.91. The molecule has 1 saturated carbocycles. The Kier molecular flexibility index (Phi) is 2.63. The van der Waals surface area contributed by atoms with Crippen LogP contribution >= 0.6 is 0 Å². The van der Waals surface area contributed by atoms with Crippen LogP contribution in [0.1, 0.15) is 12.8 Å². The SMILES string of the molecule is OCC1CN(CC2CC2)CCO1. The average molecular weight is 171 g/mol. The largest absolute Gasteiger partial charge is 0.394 e. The minimum absolute atomic E-state index is 0.0671. The first kappa shape index (κ1) is 8.48. The first-order valence-electron chi connectivity index (χ1n) is 4.83. The summed E-state index contributed by atoms with van der Waals surface area (Å²) < 4.78 is 5.37. The second kappa shape index (κ2) is 3.73. The van der Waals surface area contributed by atoms with Crippen LogP contribution in [0.15, 0.2) is 0 Å². The zero-order chi connectivity index (χ0) is 8.39. The highest BCUT2D eigenvalue weighted by atomic mass is 16.5. The van der Waals surface area contributed by atoms with Crippen LogP contribution in [0.2, 0.25) is 0 Å². The molecule has 1 N–H and O–H groups in total. The maximum atomic E-state index is 8.91. The molecule has 2 fully saturated rings. The number of morpholine rings is 1. The van der Waals surface area contributed by atoms with Gasteiger partial charge in [0.05, 0.1) is 19.3 Å². The van der Waals surface area contributed by atoms with Gasteiger partial charge in [0.2, 0.25) is 0 Å². The summed E-state index contributed by atoms with van der Waals surface area (Å²) in [7, 11) is 0. The van der Waals surface area contributed by atoms with Crippen LogP contribution in [0.3, 0.4) is 0 Å². The third kappa shape index (κ3) is 2.19. The first-order chi connectivity index (χ1) is 5.88. The average Bonchev–Trinajstić information content (AvgIpc) is 2.89. The van der Waals surface area contributed by atoms with Crippen LogP contribution in [0.25, 0.3) is 0 Å². The summed E-state index contributed by atoms with van der Waals surface area (Å²) in [5, 5.41) is 8.91. The fourth-order valence-electron chi connectivity index (χ4n) is 1.72. The topological polar surface area (TPSA) is 32.7 Å². The molecular weight excluding hydrogens is 154 g/mol. The molecule has 1 heterocycles. The van der Waals surface area contributed by atoms with Gasteiger partial charge in [-0.2, -0.15) is 0 Å². The van der Waals surface area contributed by atoms with Crippen LogP contribution in [0.4, 0.5) is 0 Å². The zero-order valence-electron chi connectivity index (χ0n) is 7.41. The normalized spacial score (nSPS) is 32.2. The summed E-state index contributed by atoms with van der Waals surface area (Å²) in [4.78, 5) is 2.42. The van der Waals surface area contributed by atoms with Crippen LogP contribution < -0.4 is 0 Å². The van der Waals surface area contributed by atoms with Crippen LogP contribution in [0.5, 0.6) is 0 Å². The molecule has 0 bridgehead atoms. The Labute approximate surface area is 73.3 Å². The van der Waals surface area contributed by atoms with Gasteiger partial charge in [0.1, 0.15) is 0 Å². The molecule has 70 valence electrons. The van der Waals surface area contributed by atoms with Crippen molar-refractivity contribution >= 4 is 0 Å². The predicted molar refractivity (Wildman–Crippen MR) is 46.0 cm³/mol. The zero-order valence-corrected chi connectivity index (χ0v) is 7.41. The van der Waals surface area contributed by atoms with E-state index in [2.05, 4.69) is 4.90 Å². The Morgan fingerprint density at radius 1 is 1.42 bits per heavy atom. The van der Waals surface area contributed by atoms with E-state index in [0.717, 1.165) is 25.6 Å². The molecule has 0 aromatic carbocycles. The summed E-state index contributed by atoms with van der Waals surface area (Å²) >= 11 is 0. The van der Waals surface area contributed by atoms with Crippen molar-refractivity contribution in [1.29, 1.82) is 0 Å². The Hall–Kier alpha value is -0.120. The number of aliphatic hydroxyl groups is 1. The van der Waals surface area contributed by atoms with Gasteiger partial charge in [0.15, 0.2) is 0 Å². The molecule has 1 aliphatic heterocycles. The summed E-state index contributed by atoms with van der Waals surface area (Å²) in [5.74, 6) is 0.947. The molecule has 3 nitrogen and oxygen atoms in total. The van der Waals surface area contributed by atoms with Crippen molar-refractivity contribution in [2.75, 3.05) is 32.8 Å². The standard InChI is InChI=1S/C9H17NO2/c11-7-9-6-10(3-4-12-9)5-8-1-2-8/h8-9,11H,1-7H2. The molecule has 2 rings (SSSR count). The number of aliphatic hydroxyl groups excluding tert-OH is 1. The molecule has 3 heteroatoms. The Balaban J connectivity index is 1.73. The highest BCUT2D eigenvalue weighted by Crippen LogP contribution is 2.30. The van der Waals surface area contributed by atoms with Gasteiger partial charge >= 0.3 is 0 Å². The maximum Gasteiger partial charge on any atom is 0.0932 e. The number of nitrogens with zero attached hydrogens (tertiary/aromatic N) is 1. The molecule has 0 spiro atoms. The summed E-state index contributed by atoms with van der Waals surface area (Å²) in [6.07, 6.45) is 2.87. The number of hydrogen-bond donors (Lipinski definition) is 1. The van der Waals surface area contributed by atoms with Gasteiger partial charge in [0.25, 0.3) is 0 Å². The van der Waals surface area contributed by atoms with Gasteiger partial charge in [-0.1, -0.05) is 0 Å². The Morgan fingerprint density at radius 2 is 2.25 bits per heavy atom. The van der Waals surface area contributed by atoms with E-state index in [1.165, 1.54) is 19.4 Å². The fourth-order valence-corrected chi connectivity index (χ4v) is 1.72. The highest BCUT2D eigenvalue weighted by molar-refractivity contribution is 4.80. The van der Waals surface area contributed by atoms with Gasteiger partial charge in [-0.3, -0.25) is 4.90 Å². The van der Waals surface area contributed by atoms with Crippen LogP contribution in [0, 0.1) is 5.92 Å². The first-order valence-corrected chi connectivity index (χ1v) is 4.83. The van der Waals surface area contributed by atoms with Gasteiger partial charge < -0.3 is 9.84 Å². The fraction of sp³-hybridized carbons (Fsp3) is 1.00. The molecule has 0 aromatic rings. The van der Waals surface area contributed by atoms with Crippen molar-refractivity contribution in [3.05, 3.63) is 0 Å². The monoisotopic (exact) mass is 171 g/mol. The van der Waals surface area contributed by atoms with Crippen LogP contribution in [-0.4, -0.2) is 49.0 Å². The Morgan fingerprint density at radius 3 is 2.92 bits per heavy atom. The quantitative estimate of drug-likeness (QED) is 0.653. The van der Waals surface area contributed by atoms with Gasteiger partial charge in [-0.05, 0) is 18.8 Å². The number of ether oxygens (including phenoxy) is 1. The molecule has 12 heavy (non-hydrogen) atoms. The Bertz CT molecular complexity index is 147. The minimum atomic E-state index is 0.0671.